The van der Waals surface area contributed by atoms with Gasteiger partial charge in [0.2, 0.25) is 0 Å². The van der Waals surface area contributed by atoms with E-state index in [1.165, 1.54) is 19.3 Å². The van der Waals surface area contributed by atoms with Gasteiger partial charge in [0.15, 0.2) is 0 Å². The van der Waals surface area contributed by atoms with E-state index in [0.29, 0.717) is 11.5 Å². The van der Waals surface area contributed by atoms with Crippen LogP contribution in [0, 0.1) is 11.3 Å². The molecule has 2 atom stereocenters. The Morgan fingerprint density at radius 1 is 1.18 bits per heavy atom. The van der Waals surface area contributed by atoms with Gasteiger partial charge in [-0.15, -0.1) is 0 Å². The first kappa shape index (κ1) is 16.9. The van der Waals surface area contributed by atoms with Gasteiger partial charge >= 0.3 is 0 Å². The van der Waals surface area contributed by atoms with Gasteiger partial charge in [0, 0.05) is 12.6 Å². The summed E-state index contributed by atoms with van der Waals surface area (Å²) >= 11 is 0. The Kier molecular flexibility index (Phi) is 8.89. The smallest absolute Gasteiger partial charge is 0.0619 e. The van der Waals surface area contributed by atoms with Gasteiger partial charge in [-0.1, -0.05) is 34.6 Å². The van der Waals surface area contributed by atoms with E-state index in [1.807, 2.05) is 0 Å². The highest BCUT2D eigenvalue weighted by atomic mass is 16.5. The van der Waals surface area contributed by atoms with Crippen LogP contribution in [0.4, 0.5) is 0 Å². The molecule has 0 bridgehead atoms. The minimum Gasteiger partial charge on any atom is -0.380 e. The minimum atomic E-state index is 0.431. The van der Waals surface area contributed by atoms with Gasteiger partial charge in [0.25, 0.3) is 0 Å². The predicted molar refractivity (Wildman–Crippen MR) is 76.4 cm³/mol. The van der Waals surface area contributed by atoms with Crippen molar-refractivity contribution in [3.8, 4) is 0 Å². The Labute approximate surface area is 109 Å². The highest BCUT2D eigenvalue weighted by Gasteiger charge is 2.18. The molecule has 0 fully saturated rings. The lowest BCUT2D eigenvalue weighted by molar-refractivity contribution is 0.111. The summed E-state index contributed by atoms with van der Waals surface area (Å²) < 4.78 is 5.56. The molecule has 0 aromatic carbocycles. The average Bonchev–Trinajstić information content (AvgIpc) is 2.19. The van der Waals surface area contributed by atoms with Gasteiger partial charge in [0.1, 0.15) is 0 Å². The van der Waals surface area contributed by atoms with Gasteiger partial charge in [-0.3, -0.25) is 0 Å². The van der Waals surface area contributed by atoms with Crippen molar-refractivity contribution in [3.05, 3.63) is 0 Å². The van der Waals surface area contributed by atoms with Crippen LogP contribution in [-0.4, -0.2) is 25.8 Å². The normalized spacial score (nSPS) is 15.9. The number of rotatable bonds is 9. The second-order valence-electron chi connectivity index (χ2n) is 6.42. The first-order chi connectivity index (χ1) is 7.89. The summed E-state index contributed by atoms with van der Waals surface area (Å²) in [6, 6.07) is 0.521. The van der Waals surface area contributed by atoms with E-state index < -0.39 is 0 Å². The lowest BCUT2D eigenvalue weighted by Gasteiger charge is -2.27. The fraction of sp³-hybridized carbons (Fsp3) is 1.00. The molecule has 0 rings (SSSR count). The van der Waals surface area contributed by atoms with Crippen molar-refractivity contribution in [2.45, 2.75) is 66.8 Å². The van der Waals surface area contributed by atoms with Crippen LogP contribution in [0.15, 0.2) is 0 Å². The van der Waals surface area contributed by atoms with Gasteiger partial charge in [-0.2, -0.15) is 0 Å². The molecule has 0 saturated heterocycles. The molecule has 0 heterocycles. The van der Waals surface area contributed by atoms with Crippen LogP contribution in [0.5, 0.6) is 0 Å². The third kappa shape index (κ3) is 10.8. The number of hydrogen-bond donors (Lipinski definition) is 1. The molecule has 0 spiro atoms. The first-order valence-electron chi connectivity index (χ1n) is 7.20. The second kappa shape index (κ2) is 8.93. The molecule has 0 saturated carbocycles. The van der Waals surface area contributed by atoms with Crippen molar-refractivity contribution in [2.24, 2.45) is 11.3 Å². The van der Waals surface area contributed by atoms with Crippen molar-refractivity contribution in [3.63, 3.8) is 0 Å². The third-order valence-electron chi connectivity index (χ3n) is 2.85. The molecule has 0 aliphatic rings. The third-order valence-corrected chi connectivity index (χ3v) is 2.85. The van der Waals surface area contributed by atoms with Crippen molar-refractivity contribution in [2.75, 3.05) is 19.8 Å². The number of ether oxygens (including phenoxy) is 1. The van der Waals surface area contributed by atoms with Crippen molar-refractivity contribution < 1.29 is 4.74 Å². The highest BCUT2D eigenvalue weighted by Crippen LogP contribution is 2.26. The summed E-state index contributed by atoms with van der Waals surface area (Å²) in [4.78, 5) is 0. The summed E-state index contributed by atoms with van der Waals surface area (Å²) in [5.74, 6) is 0.754. The maximum Gasteiger partial charge on any atom is 0.0619 e. The molecule has 0 aliphatic carbocycles. The molecule has 2 nitrogen and oxygen atoms in total. The van der Waals surface area contributed by atoms with E-state index >= 15 is 0 Å². The number of nitrogens with one attached hydrogen (secondary N) is 1. The van der Waals surface area contributed by atoms with Crippen LogP contribution in [0.3, 0.4) is 0 Å². The van der Waals surface area contributed by atoms with E-state index in [9.17, 15) is 0 Å². The van der Waals surface area contributed by atoms with Crippen LogP contribution in [0.1, 0.15) is 60.8 Å². The molecule has 2 unspecified atom stereocenters. The van der Waals surface area contributed by atoms with E-state index in [-0.39, 0.29) is 0 Å². The average molecular weight is 243 g/mol. The van der Waals surface area contributed by atoms with Crippen LogP contribution in [0.2, 0.25) is 0 Å². The summed E-state index contributed by atoms with van der Waals surface area (Å²) in [6.45, 7) is 16.4. The lowest BCUT2D eigenvalue weighted by Crippen LogP contribution is -2.36. The molecule has 0 radical (unpaired) electrons. The summed E-state index contributed by atoms with van der Waals surface area (Å²) in [5.41, 5.74) is 0.431. The molecular weight excluding hydrogens is 210 g/mol. The topological polar surface area (TPSA) is 21.3 Å². The quantitative estimate of drug-likeness (QED) is 0.664. The Hall–Kier alpha value is -0.0800. The first-order valence-corrected chi connectivity index (χ1v) is 7.20. The molecule has 1 N–H and O–H groups in total. The number of hydrogen-bond acceptors (Lipinski definition) is 2. The zero-order chi connectivity index (χ0) is 13.3. The Morgan fingerprint density at radius 2 is 1.82 bits per heavy atom. The molecule has 0 aliphatic heterocycles. The molecule has 0 aromatic rings. The van der Waals surface area contributed by atoms with E-state index in [2.05, 4.69) is 46.9 Å². The lowest BCUT2D eigenvalue weighted by atomic mass is 9.83. The zero-order valence-electron chi connectivity index (χ0n) is 12.8. The minimum absolute atomic E-state index is 0.431. The van der Waals surface area contributed by atoms with E-state index in [4.69, 9.17) is 4.74 Å². The Balaban J connectivity index is 4.02. The molecular formula is C15H33NO. The predicted octanol–water partition coefficient (Wildman–Crippen LogP) is 3.85. The highest BCUT2D eigenvalue weighted by molar-refractivity contribution is 4.73. The standard InChI is InChI=1S/C15H33NO/c1-7-9-16-14(12-17-8-2)10-13(3)11-15(4,5)6/h13-14,16H,7-12H2,1-6H3. The van der Waals surface area contributed by atoms with Crippen molar-refractivity contribution >= 4 is 0 Å². The second-order valence-corrected chi connectivity index (χ2v) is 6.42. The van der Waals surface area contributed by atoms with Gasteiger partial charge in [-0.25, -0.2) is 0 Å². The summed E-state index contributed by atoms with van der Waals surface area (Å²) in [7, 11) is 0. The van der Waals surface area contributed by atoms with E-state index in [1.54, 1.807) is 0 Å². The monoisotopic (exact) mass is 243 g/mol. The fourth-order valence-electron chi connectivity index (χ4n) is 2.43. The molecule has 0 amide bonds. The van der Waals surface area contributed by atoms with Crippen LogP contribution >= 0.6 is 0 Å². The van der Waals surface area contributed by atoms with Crippen molar-refractivity contribution in [1.29, 1.82) is 0 Å². The van der Waals surface area contributed by atoms with Crippen LogP contribution in [-0.2, 0) is 4.74 Å². The summed E-state index contributed by atoms with van der Waals surface area (Å²) in [5, 5.41) is 3.60. The molecule has 2 heteroatoms. The molecule has 104 valence electrons. The fourth-order valence-corrected chi connectivity index (χ4v) is 2.43. The zero-order valence-corrected chi connectivity index (χ0v) is 12.8. The Bertz CT molecular complexity index is 166. The van der Waals surface area contributed by atoms with Crippen LogP contribution < -0.4 is 5.32 Å². The van der Waals surface area contributed by atoms with Gasteiger partial charge in [-0.05, 0) is 44.1 Å². The van der Waals surface area contributed by atoms with Gasteiger partial charge < -0.3 is 10.1 Å². The largest absolute Gasteiger partial charge is 0.380 e. The molecule has 0 aromatic heterocycles. The SMILES string of the molecule is CCCNC(COCC)CC(C)CC(C)(C)C. The van der Waals surface area contributed by atoms with Crippen molar-refractivity contribution in [1.82, 2.24) is 5.32 Å². The maximum absolute atomic E-state index is 5.56. The van der Waals surface area contributed by atoms with E-state index in [0.717, 1.165) is 25.7 Å². The summed E-state index contributed by atoms with van der Waals surface area (Å²) in [6.07, 6.45) is 3.69. The van der Waals surface area contributed by atoms with Gasteiger partial charge in [0.05, 0.1) is 6.61 Å². The van der Waals surface area contributed by atoms with Crippen LogP contribution in [0.25, 0.3) is 0 Å². The Morgan fingerprint density at radius 3 is 2.29 bits per heavy atom. The maximum atomic E-state index is 5.56. The molecule has 17 heavy (non-hydrogen) atoms.